The maximum Gasteiger partial charge on any atom is 0.417 e. The molecule has 0 unspecified atom stereocenters. The van der Waals surface area contributed by atoms with Gasteiger partial charge in [-0.15, -0.1) is 0 Å². The number of thiocarbonyl (C=S) groups is 1. The van der Waals surface area contributed by atoms with Gasteiger partial charge in [-0.2, -0.15) is 18.4 Å². The summed E-state index contributed by atoms with van der Waals surface area (Å²) in [6.07, 6.45) is -2.44. The van der Waals surface area contributed by atoms with Gasteiger partial charge in [-0.25, -0.2) is 0 Å². The number of ether oxygens (including phenoxy) is 1. The summed E-state index contributed by atoms with van der Waals surface area (Å²) in [5, 5.41) is 17.9. The highest BCUT2D eigenvalue weighted by Gasteiger charge is 2.59. The molecular weight excluding hydrogens is 495 g/mol. The van der Waals surface area contributed by atoms with Gasteiger partial charge >= 0.3 is 12.1 Å². The van der Waals surface area contributed by atoms with Crippen LogP contribution in [0, 0.1) is 11.3 Å². The third-order valence-electron chi connectivity index (χ3n) is 6.45. The van der Waals surface area contributed by atoms with Crippen LogP contribution >= 0.6 is 12.2 Å². The van der Waals surface area contributed by atoms with Crippen molar-refractivity contribution >= 4 is 40.6 Å². The van der Waals surface area contributed by atoms with Crippen LogP contribution in [0.1, 0.15) is 42.4 Å². The number of carbonyl (C=O) groups excluding carboxylic acids is 2. The molecule has 2 aromatic rings. The van der Waals surface area contributed by atoms with Gasteiger partial charge in [0.25, 0.3) is 5.91 Å². The Morgan fingerprint density at radius 3 is 2.39 bits per heavy atom. The minimum absolute atomic E-state index is 0.0388. The average molecular weight is 518 g/mol. The average Bonchev–Trinajstić information content (AvgIpc) is 3.07. The van der Waals surface area contributed by atoms with Crippen molar-refractivity contribution in [3.8, 4) is 6.07 Å². The largest absolute Gasteiger partial charge is 0.463 e. The molecule has 0 radical (unpaired) electrons. The Morgan fingerprint density at radius 2 is 1.83 bits per heavy atom. The van der Waals surface area contributed by atoms with Crippen LogP contribution in [0.15, 0.2) is 42.5 Å². The minimum Gasteiger partial charge on any atom is -0.463 e. The zero-order chi connectivity index (χ0) is 26.1. The predicted octanol–water partition coefficient (Wildman–Crippen LogP) is 4.11. The molecule has 1 heterocycles. The number of halogens is 3. The van der Waals surface area contributed by atoms with Crippen LogP contribution in [-0.2, 0) is 26.9 Å². The molecule has 0 aromatic heterocycles. The molecule has 2 aromatic carbocycles. The Hall–Kier alpha value is -3.49. The number of aliphatic hydroxyl groups is 1. The van der Waals surface area contributed by atoms with Crippen LogP contribution in [0.3, 0.4) is 0 Å². The molecule has 36 heavy (non-hydrogen) atoms. The number of hydrogen-bond donors (Lipinski definition) is 1. The maximum absolute atomic E-state index is 13.5. The highest BCUT2D eigenvalue weighted by Crippen LogP contribution is 2.48. The predicted molar refractivity (Wildman–Crippen MR) is 128 cm³/mol. The molecule has 1 aliphatic heterocycles. The number of rotatable bonds is 7. The highest BCUT2D eigenvalue weighted by molar-refractivity contribution is 7.81. The lowest BCUT2D eigenvalue weighted by molar-refractivity contribution is -0.144. The van der Waals surface area contributed by atoms with Crippen LogP contribution in [-0.4, -0.2) is 40.8 Å². The summed E-state index contributed by atoms with van der Waals surface area (Å²) in [6, 6.07) is 11.8. The van der Waals surface area contributed by atoms with E-state index in [4.69, 9.17) is 27.3 Å². The van der Waals surface area contributed by atoms with E-state index >= 15 is 0 Å². The first kappa shape index (κ1) is 25.6. The fourth-order valence-electron chi connectivity index (χ4n) is 4.50. The number of esters is 1. The first-order valence-corrected chi connectivity index (χ1v) is 11.7. The number of nitrogens with zero attached hydrogens (tertiary/aromatic N) is 3. The minimum atomic E-state index is -4.76. The number of alkyl halides is 3. The molecule has 2 fully saturated rings. The quantitative estimate of drug-likeness (QED) is 0.437. The maximum atomic E-state index is 13.5. The number of carbonyl (C=O) groups is 2. The van der Waals surface area contributed by atoms with Gasteiger partial charge in [0.05, 0.1) is 29.5 Å². The van der Waals surface area contributed by atoms with Gasteiger partial charge in [-0.05, 0) is 73.8 Å². The Balaban J connectivity index is 1.61. The van der Waals surface area contributed by atoms with E-state index in [2.05, 4.69) is 0 Å². The van der Waals surface area contributed by atoms with Gasteiger partial charge in [0.15, 0.2) is 5.11 Å². The first-order valence-electron chi connectivity index (χ1n) is 11.3. The molecule has 1 spiro atoms. The molecule has 4 rings (SSSR count). The van der Waals surface area contributed by atoms with E-state index in [0.717, 1.165) is 29.0 Å². The van der Waals surface area contributed by atoms with Crippen molar-refractivity contribution < 1.29 is 32.6 Å². The monoisotopic (exact) mass is 517 g/mol. The lowest BCUT2D eigenvalue weighted by Gasteiger charge is -2.43. The molecule has 7 nitrogen and oxygen atoms in total. The summed E-state index contributed by atoms with van der Waals surface area (Å²) in [4.78, 5) is 28.0. The van der Waals surface area contributed by atoms with Crippen molar-refractivity contribution in [1.29, 1.82) is 5.26 Å². The van der Waals surface area contributed by atoms with E-state index in [9.17, 15) is 22.8 Å². The standard InChI is InChI=1S/C25H22F3N3O4S/c26-25(27,28)20-14-19(8-5-17(20)15-29)30-22(34)24(10-1-11-24)31(23(30)36)18-6-2-16(3-7-18)4-9-21(33)35-13-12-32/h2-3,5-8,14,32H,1,4,9-13H2. The van der Waals surface area contributed by atoms with Gasteiger partial charge in [0.1, 0.15) is 12.1 Å². The Kier molecular flexibility index (Phi) is 7.02. The molecular formula is C25H22F3N3O4S. The number of hydrogen-bond acceptors (Lipinski definition) is 6. The second-order valence-electron chi connectivity index (χ2n) is 8.59. The van der Waals surface area contributed by atoms with Gasteiger partial charge in [0.2, 0.25) is 0 Å². The van der Waals surface area contributed by atoms with Gasteiger partial charge in [-0.3, -0.25) is 14.5 Å². The lowest BCUT2D eigenvalue weighted by Crippen LogP contribution is -2.55. The number of aliphatic hydroxyl groups excluding tert-OH is 1. The van der Waals surface area contributed by atoms with Crippen LogP contribution in [0.2, 0.25) is 0 Å². The van der Waals surface area contributed by atoms with E-state index in [1.165, 1.54) is 6.07 Å². The zero-order valence-electron chi connectivity index (χ0n) is 19.0. The molecule has 1 amide bonds. The number of anilines is 2. The van der Waals surface area contributed by atoms with E-state index < -0.39 is 34.7 Å². The van der Waals surface area contributed by atoms with E-state index in [-0.39, 0.29) is 30.4 Å². The van der Waals surface area contributed by atoms with Crippen molar-refractivity contribution in [2.45, 2.75) is 43.8 Å². The summed E-state index contributed by atoms with van der Waals surface area (Å²) >= 11 is 5.61. The van der Waals surface area contributed by atoms with Gasteiger partial charge in [0, 0.05) is 12.1 Å². The molecule has 2 aliphatic rings. The third kappa shape index (κ3) is 4.54. The third-order valence-corrected chi connectivity index (χ3v) is 6.81. The fourth-order valence-corrected chi connectivity index (χ4v) is 4.97. The second kappa shape index (κ2) is 9.87. The normalized spacial score (nSPS) is 16.8. The van der Waals surface area contributed by atoms with Crippen LogP contribution in [0.4, 0.5) is 24.5 Å². The molecule has 0 bridgehead atoms. The summed E-state index contributed by atoms with van der Waals surface area (Å²) in [6.45, 7) is -0.297. The first-order chi connectivity index (χ1) is 17.1. The Morgan fingerprint density at radius 1 is 1.17 bits per heavy atom. The summed E-state index contributed by atoms with van der Waals surface area (Å²) in [5.74, 6) is -0.823. The summed E-state index contributed by atoms with van der Waals surface area (Å²) in [7, 11) is 0. The molecule has 1 aliphatic carbocycles. The van der Waals surface area contributed by atoms with Crippen LogP contribution in [0.5, 0.6) is 0 Å². The van der Waals surface area contributed by atoms with Crippen molar-refractivity contribution in [1.82, 2.24) is 0 Å². The van der Waals surface area contributed by atoms with Gasteiger partial charge < -0.3 is 14.7 Å². The zero-order valence-corrected chi connectivity index (χ0v) is 19.9. The number of amides is 1. The number of nitriles is 1. The molecule has 188 valence electrons. The topological polar surface area (TPSA) is 93.9 Å². The number of aryl methyl sites for hydroxylation is 1. The molecule has 1 N–H and O–H groups in total. The van der Waals surface area contributed by atoms with Gasteiger partial charge in [-0.1, -0.05) is 12.1 Å². The second-order valence-corrected chi connectivity index (χ2v) is 8.96. The van der Waals surface area contributed by atoms with Crippen LogP contribution < -0.4 is 9.80 Å². The molecule has 1 saturated carbocycles. The van der Waals surface area contributed by atoms with Crippen molar-refractivity contribution in [2.75, 3.05) is 23.0 Å². The van der Waals surface area contributed by atoms with E-state index in [0.29, 0.717) is 24.9 Å². The Bertz CT molecular complexity index is 1240. The highest BCUT2D eigenvalue weighted by atomic mass is 32.1. The SMILES string of the molecule is N#Cc1ccc(N2C(=O)C3(CCC3)N(c3ccc(CCC(=O)OCCO)cc3)C2=S)cc1C(F)(F)F. The lowest BCUT2D eigenvalue weighted by atomic mass is 9.75. The van der Waals surface area contributed by atoms with Crippen molar-refractivity contribution in [3.63, 3.8) is 0 Å². The van der Waals surface area contributed by atoms with Crippen molar-refractivity contribution in [2.24, 2.45) is 0 Å². The molecule has 11 heteroatoms. The molecule has 0 atom stereocenters. The summed E-state index contributed by atoms with van der Waals surface area (Å²) < 4.78 is 45.5. The smallest absolute Gasteiger partial charge is 0.417 e. The van der Waals surface area contributed by atoms with E-state index in [1.54, 1.807) is 35.2 Å². The fraction of sp³-hybridized carbons (Fsp3) is 0.360. The summed E-state index contributed by atoms with van der Waals surface area (Å²) in [5.41, 5.74) is -1.21. The number of benzene rings is 2. The van der Waals surface area contributed by atoms with E-state index in [1.807, 2.05) is 0 Å². The molecule has 1 saturated heterocycles. The Labute approximate surface area is 210 Å². The van der Waals surface area contributed by atoms with Crippen molar-refractivity contribution in [3.05, 3.63) is 59.2 Å². The van der Waals surface area contributed by atoms with Crippen LogP contribution in [0.25, 0.3) is 0 Å².